The zero-order chi connectivity index (χ0) is 23.5. The van der Waals surface area contributed by atoms with E-state index in [2.05, 4.69) is 15.5 Å². The number of benzene rings is 2. The van der Waals surface area contributed by atoms with Gasteiger partial charge in [0.05, 0.1) is 19.1 Å². The quantitative estimate of drug-likeness (QED) is 0.529. The van der Waals surface area contributed by atoms with E-state index in [0.29, 0.717) is 15.8 Å². The van der Waals surface area contributed by atoms with E-state index in [4.69, 9.17) is 4.74 Å². The van der Waals surface area contributed by atoms with Gasteiger partial charge in [-0.05, 0) is 67.8 Å². The minimum atomic E-state index is -3.72. The molecule has 32 heavy (non-hydrogen) atoms. The van der Waals surface area contributed by atoms with Crippen molar-refractivity contribution in [1.29, 1.82) is 0 Å². The zero-order valence-electron chi connectivity index (χ0n) is 18.6. The third-order valence-corrected chi connectivity index (χ3v) is 6.85. The molecule has 0 saturated carbocycles. The summed E-state index contributed by atoms with van der Waals surface area (Å²) in [5.41, 5.74) is 3.13. The average Bonchev–Trinajstić information content (AvgIpc) is 3.18. The summed E-state index contributed by atoms with van der Waals surface area (Å²) in [6.07, 6.45) is 1.39. The van der Waals surface area contributed by atoms with E-state index in [-0.39, 0.29) is 6.42 Å². The van der Waals surface area contributed by atoms with Gasteiger partial charge >= 0.3 is 0 Å². The first-order valence-electron chi connectivity index (χ1n) is 9.99. The van der Waals surface area contributed by atoms with Crippen LogP contribution in [0.5, 0.6) is 5.75 Å². The summed E-state index contributed by atoms with van der Waals surface area (Å²) in [7, 11) is -2.12. The van der Waals surface area contributed by atoms with Crippen molar-refractivity contribution in [3.8, 4) is 16.3 Å². The molecule has 0 radical (unpaired) electrons. The van der Waals surface area contributed by atoms with Gasteiger partial charge < -0.3 is 4.74 Å². The molecule has 1 heterocycles. The van der Waals surface area contributed by atoms with Gasteiger partial charge in [-0.1, -0.05) is 24.3 Å². The Morgan fingerprint density at radius 1 is 1.12 bits per heavy atom. The molecule has 3 aromatic rings. The molecule has 0 saturated heterocycles. The van der Waals surface area contributed by atoms with Crippen LogP contribution in [0.25, 0.3) is 10.6 Å². The van der Waals surface area contributed by atoms with E-state index in [1.165, 1.54) is 15.6 Å². The molecule has 8 nitrogen and oxygen atoms in total. The molecule has 1 aromatic heterocycles. The number of carbonyl (C=O) groups is 1. The summed E-state index contributed by atoms with van der Waals surface area (Å²) in [4.78, 5) is 13.1. The van der Waals surface area contributed by atoms with Crippen LogP contribution in [-0.4, -0.2) is 43.9 Å². The zero-order valence-corrected chi connectivity index (χ0v) is 20.3. The number of rotatable bonds is 8. The maximum atomic E-state index is 13.1. The highest BCUT2D eigenvalue weighted by Gasteiger charge is 2.32. The minimum absolute atomic E-state index is 0.288. The first-order valence-corrected chi connectivity index (χ1v) is 12.7. The highest BCUT2D eigenvalue weighted by Crippen LogP contribution is 2.29. The van der Waals surface area contributed by atoms with Gasteiger partial charge in [0.25, 0.3) is 0 Å². The number of anilines is 2. The van der Waals surface area contributed by atoms with Crippen molar-refractivity contribution < 1.29 is 17.9 Å². The fourth-order valence-corrected chi connectivity index (χ4v) is 5.40. The van der Waals surface area contributed by atoms with Crippen LogP contribution in [0.15, 0.2) is 42.5 Å². The van der Waals surface area contributed by atoms with Crippen molar-refractivity contribution in [1.82, 2.24) is 10.2 Å². The number of hydrogen-bond donors (Lipinski definition) is 1. The molecule has 10 heteroatoms. The molecule has 1 amide bonds. The molecular formula is C22H26N4O4S2. The Labute approximate surface area is 192 Å². The highest BCUT2D eigenvalue weighted by atomic mass is 32.2. The summed E-state index contributed by atoms with van der Waals surface area (Å²) in [5.74, 6) is 0.263. The van der Waals surface area contributed by atoms with Gasteiger partial charge in [-0.25, -0.2) is 8.42 Å². The fraction of sp³-hybridized carbons (Fsp3) is 0.318. The molecule has 0 aliphatic carbocycles. The standard InChI is InChI=1S/C22H26N4O4S2/c1-6-19(26(32(5,28)29)17-12-14(2)11-15(3)13-17)20(27)23-22-25-24-21(31-22)16-7-9-18(30-4)10-8-16/h7-13,19H,6H2,1-5H3,(H,23,25,27)/t19-/m1/s1. The van der Waals surface area contributed by atoms with Crippen LogP contribution in [0.2, 0.25) is 0 Å². The first kappa shape index (κ1) is 23.7. The fourth-order valence-electron chi connectivity index (χ4n) is 3.45. The van der Waals surface area contributed by atoms with Crippen molar-refractivity contribution >= 4 is 38.1 Å². The van der Waals surface area contributed by atoms with E-state index in [1.54, 1.807) is 26.2 Å². The second-order valence-electron chi connectivity index (χ2n) is 7.46. The SMILES string of the molecule is CC[C@H](C(=O)Nc1nnc(-c2ccc(OC)cc2)s1)N(c1cc(C)cc(C)c1)S(C)(=O)=O. The molecule has 1 N–H and O–H groups in total. The lowest BCUT2D eigenvalue weighted by atomic mass is 10.1. The Kier molecular flexibility index (Phi) is 7.15. The molecule has 2 aromatic carbocycles. The smallest absolute Gasteiger partial charge is 0.250 e. The Bertz CT molecular complexity index is 1190. The van der Waals surface area contributed by atoms with Gasteiger partial charge in [0, 0.05) is 5.56 Å². The minimum Gasteiger partial charge on any atom is -0.497 e. The number of carbonyl (C=O) groups excluding carboxylic acids is 1. The first-order chi connectivity index (χ1) is 15.1. The van der Waals surface area contributed by atoms with Gasteiger partial charge in [-0.3, -0.25) is 14.4 Å². The average molecular weight is 475 g/mol. The van der Waals surface area contributed by atoms with Crippen molar-refractivity contribution in [2.24, 2.45) is 0 Å². The lowest BCUT2D eigenvalue weighted by molar-refractivity contribution is -0.117. The van der Waals surface area contributed by atoms with Gasteiger partial charge in [0.15, 0.2) is 0 Å². The van der Waals surface area contributed by atoms with Gasteiger partial charge in [-0.2, -0.15) is 0 Å². The Morgan fingerprint density at radius 2 is 1.75 bits per heavy atom. The highest BCUT2D eigenvalue weighted by molar-refractivity contribution is 7.92. The van der Waals surface area contributed by atoms with Crippen LogP contribution >= 0.6 is 11.3 Å². The van der Waals surface area contributed by atoms with E-state index in [1.807, 2.05) is 44.2 Å². The molecule has 0 bridgehead atoms. The van der Waals surface area contributed by atoms with Crippen LogP contribution in [0.4, 0.5) is 10.8 Å². The Balaban J connectivity index is 1.86. The molecule has 0 fully saturated rings. The van der Waals surface area contributed by atoms with Crippen LogP contribution in [0, 0.1) is 13.8 Å². The second-order valence-corrected chi connectivity index (χ2v) is 10.3. The van der Waals surface area contributed by atoms with Crippen molar-refractivity contribution in [2.45, 2.75) is 33.2 Å². The summed E-state index contributed by atoms with van der Waals surface area (Å²) in [6.45, 7) is 5.55. The number of amides is 1. The molecule has 1 atom stereocenters. The summed E-state index contributed by atoms with van der Waals surface area (Å²) >= 11 is 1.21. The normalized spacial score (nSPS) is 12.3. The molecule has 0 spiro atoms. The second kappa shape index (κ2) is 9.66. The van der Waals surface area contributed by atoms with E-state index in [9.17, 15) is 13.2 Å². The van der Waals surface area contributed by atoms with Crippen molar-refractivity contribution in [3.63, 3.8) is 0 Å². The summed E-state index contributed by atoms with van der Waals surface area (Å²) in [5, 5.41) is 11.8. The molecule has 0 aliphatic heterocycles. The number of nitrogens with zero attached hydrogens (tertiary/aromatic N) is 3. The third-order valence-electron chi connectivity index (χ3n) is 4.78. The monoisotopic (exact) mass is 474 g/mol. The Morgan fingerprint density at radius 3 is 2.28 bits per heavy atom. The maximum absolute atomic E-state index is 13.1. The Hall–Kier alpha value is -2.98. The van der Waals surface area contributed by atoms with Gasteiger partial charge in [-0.15, -0.1) is 10.2 Å². The molecule has 0 unspecified atom stereocenters. The van der Waals surface area contributed by atoms with Crippen LogP contribution in [0.3, 0.4) is 0 Å². The van der Waals surface area contributed by atoms with Crippen LogP contribution in [-0.2, 0) is 14.8 Å². The predicted molar refractivity (Wildman–Crippen MR) is 128 cm³/mol. The number of ether oxygens (including phenoxy) is 1. The number of sulfonamides is 1. The number of nitrogens with one attached hydrogen (secondary N) is 1. The molecule has 3 rings (SSSR count). The number of aryl methyl sites for hydroxylation is 2. The number of aromatic nitrogens is 2. The predicted octanol–water partition coefficient (Wildman–Crippen LogP) is 4.01. The summed E-state index contributed by atoms with van der Waals surface area (Å²) in [6, 6.07) is 11.9. The largest absolute Gasteiger partial charge is 0.497 e. The third kappa shape index (κ3) is 5.43. The molecule has 0 aliphatic rings. The lowest BCUT2D eigenvalue weighted by Crippen LogP contribution is -2.47. The lowest BCUT2D eigenvalue weighted by Gasteiger charge is -2.30. The molecule has 170 valence electrons. The van der Waals surface area contributed by atoms with Gasteiger partial charge in [0.2, 0.25) is 21.1 Å². The molecular weight excluding hydrogens is 448 g/mol. The van der Waals surface area contributed by atoms with Crippen LogP contribution in [0.1, 0.15) is 24.5 Å². The van der Waals surface area contributed by atoms with Crippen molar-refractivity contribution in [2.75, 3.05) is 23.0 Å². The number of hydrogen-bond acceptors (Lipinski definition) is 7. The van der Waals surface area contributed by atoms with E-state index >= 15 is 0 Å². The van der Waals surface area contributed by atoms with E-state index in [0.717, 1.165) is 28.7 Å². The van der Waals surface area contributed by atoms with E-state index < -0.39 is 22.0 Å². The topological polar surface area (TPSA) is 101 Å². The van der Waals surface area contributed by atoms with Crippen molar-refractivity contribution in [3.05, 3.63) is 53.6 Å². The summed E-state index contributed by atoms with van der Waals surface area (Å²) < 4.78 is 31.7. The van der Waals surface area contributed by atoms with Gasteiger partial charge in [0.1, 0.15) is 16.8 Å². The number of methoxy groups -OCH3 is 1. The van der Waals surface area contributed by atoms with Crippen LogP contribution < -0.4 is 14.4 Å². The maximum Gasteiger partial charge on any atom is 0.250 e.